The van der Waals surface area contributed by atoms with Crippen LogP contribution >= 0.6 is 0 Å². The van der Waals surface area contributed by atoms with E-state index in [1.54, 1.807) is 12.0 Å². The Labute approximate surface area is 140 Å². The molecule has 136 valence electrons. The molecule has 1 heterocycles. The Kier molecular flexibility index (Phi) is 7.29. The standard InChI is InChI=1S/C17H34N2O4/c1-13(10-17(5,6)21-7)18-11-14-12-22-9-8-19(14)15(20)23-16(2,3)4/h13-14,18H,8-12H2,1-7H3. The first-order valence-electron chi connectivity index (χ1n) is 8.40. The van der Waals surface area contributed by atoms with E-state index in [0.29, 0.717) is 26.3 Å². The van der Waals surface area contributed by atoms with Crippen molar-refractivity contribution in [3.63, 3.8) is 0 Å². The third-order valence-electron chi connectivity index (χ3n) is 3.91. The van der Waals surface area contributed by atoms with Gasteiger partial charge in [0.2, 0.25) is 0 Å². The first kappa shape index (κ1) is 20.2. The summed E-state index contributed by atoms with van der Waals surface area (Å²) in [6.07, 6.45) is 0.626. The number of nitrogens with one attached hydrogen (secondary N) is 1. The van der Waals surface area contributed by atoms with E-state index in [2.05, 4.69) is 26.1 Å². The minimum Gasteiger partial charge on any atom is -0.444 e. The minimum absolute atomic E-state index is 0.00768. The molecule has 1 rings (SSSR count). The Hall–Kier alpha value is -0.850. The topological polar surface area (TPSA) is 60.0 Å². The molecule has 1 N–H and O–H groups in total. The fraction of sp³-hybridized carbons (Fsp3) is 0.941. The third-order valence-corrected chi connectivity index (χ3v) is 3.91. The number of hydrogen-bond acceptors (Lipinski definition) is 5. The second kappa shape index (κ2) is 8.31. The number of carbonyl (C=O) groups is 1. The molecule has 23 heavy (non-hydrogen) atoms. The highest BCUT2D eigenvalue weighted by molar-refractivity contribution is 5.68. The molecule has 1 saturated heterocycles. The van der Waals surface area contributed by atoms with E-state index < -0.39 is 5.60 Å². The monoisotopic (exact) mass is 330 g/mol. The lowest BCUT2D eigenvalue weighted by atomic mass is 9.99. The van der Waals surface area contributed by atoms with E-state index in [1.165, 1.54) is 0 Å². The van der Waals surface area contributed by atoms with Crippen molar-refractivity contribution < 1.29 is 19.0 Å². The van der Waals surface area contributed by atoms with Gasteiger partial charge in [0, 0.05) is 26.2 Å². The number of carbonyl (C=O) groups excluding carboxylic acids is 1. The van der Waals surface area contributed by atoms with Crippen LogP contribution in [0.25, 0.3) is 0 Å². The smallest absolute Gasteiger partial charge is 0.410 e. The van der Waals surface area contributed by atoms with E-state index in [9.17, 15) is 4.79 Å². The summed E-state index contributed by atoms with van der Waals surface area (Å²) < 4.78 is 16.5. The van der Waals surface area contributed by atoms with Gasteiger partial charge in [0.15, 0.2) is 0 Å². The van der Waals surface area contributed by atoms with E-state index in [1.807, 2.05) is 20.8 Å². The minimum atomic E-state index is -0.483. The fourth-order valence-electron chi connectivity index (χ4n) is 2.61. The SMILES string of the molecule is COC(C)(C)CC(C)NCC1COCCN1C(=O)OC(C)(C)C. The number of nitrogens with zero attached hydrogens (tertiary/aromatic N) is 1. The maximum absolute atomic E-state index is 12.3. The summed E-state index contributed by atoms with van der Waals surface area (Å²) in [6, 6.07) is 0.277. The highest BCUT2D eigenvalue weighted by atomic mass is 16.6. The van der Waals surface area contributed by atoms with Gasteiger partial charge < -0.3 is 19.5 Å². The van der Waals surface area contributed by atoms with E-state index >= 15 is 0 Å². The van der Waals surface area contributed by atoms with Crippen LogP contribution in [0.3, 0.4) is 0 Å². The molecule has 1 fully saturated rings. The van der Waals surface area contributed by atoms with E-state index in [-0.39, 0.29) is 23.8 Å². The predicted octanol–water partition coefficient (Wildman–Crippen LogP) is 2.42. The van der Waals surface area contributed by atoms with Gasteiger partial charge in [-0.3, -0.25) is 4.90 Å². The number of morpholine rings is 1. The molecule has 0 aromatic heterocycles. The van der Waals surface area contributed by atoms with Crippen LogP contribution in [-0.2, 0) is 14.2 Å². The van der Waals surface area contributed by atoms with Crippen molar-refractivity contribution in [3.05, 3.63) is 0 Å². The van der Waals surface area contributed by atoms with Gasteiger partial charge in [0.05, 0.1) is 24.9 Å². The summed E-state index contributed by atoms with van der Waals surface area (Å²) in [5.74, 6) is 0. The van der Waals surface area contributed by atoms with Crippen LogP contribution < -0.4 is 5.32 Å². The second-order valence-electron chi connectivity index (χ2n) is 7.88. The Balaban J connectivity index is 2.53. The average molecular weight is 330 g/mol. The normalized spacial score (nSPS) is 21.2. The molecule has 2 unspecified atom stereocenters. The predicted molar refractivity (Wildman–Crippen MR) is 90.7 cm³/mol. The third kappa shape index (κ3) is 7.50. The molecular formula is C17H34N2O4. The number of hydrogen-bond donors (Lipinski definition) is 1. The van der Waals surface area contributed by atoms with Crippen LogP contribution in [0.4, 0.5) is 4.79 Å². The van der Waals surface area contributed by atoms with Gasteiger partial charge >= 0.3 is 6.09 Å². The molecule has 1 aliphatic rings. The van der Waals surface area contributed by atoms with Crippen LogP contribution in [0.2, 0.25) is 0 Å². The van der Waals surface area contributed by atoms with E-state index in [4.69, 9.17) is 14.2 Å². The van der Waals surface area contributed by atoms with Gasteiger partial charge in [-0.1, -0.05) is 0 Å². The fourth-order valence-corrected chi connectivity index (χ4v) is 2.61. The zero-order valence-electron chi connectivity index (χ0n) is 15.8. The van der Waals surface area contributed by atoms with Crippen molar-refractivity contribution in [1.82, 2.24) is 10.2 Å². The molecule has 0 spiro atoms. The van der Waals surface area contributed by atoms with Gasteiger partial charge in [0.1, 0.15) is 5.60 Å². The lowest BCUT2D eigenvalue weighted by molar-refractivity contribution is -0.0334. The van der Waals surface area contributed by atoms with Crippen LogP contribution in [-0.4, -0.2) is 67.7 Å². The number of rotatable bonds is 6. The largest absolute Gasteiger partial charge is 0.444 e. The highest BCUT2D eigenvalue weighted by Crippen LogP contribution is 2.17. The van der Waals surface area contributed by atoms with Crippen molar-refractivity contribution in [2.45, 2.75) is 71.2 Å². The summed E-state index contributed by atoms with van der Waals surface area (Å²) in [5.41, 5.74) is -0.649. The number of methoxy groups -OCH3 is 1. The summed E-state index contributed by atoms with van der Waals surface area (Å²) in [4.78, 5) is 14.1. The van der Waals surface area contributed by atoms with Crippen LogP contribution in [0.15, 0.2) is 0 Å². The zero-order chi connectivity index (χ0) is 17.7. The maximum Gasteiger partial charge on any atom is 0.410 e. The number of ether oxygens (including phenoxy) is 3. The molecule has 0 aliphatic carbocycles. The molecule has 6 nitrogen and oxygen atoms in total. The Morgan fingerprint density at radius 3 is 2.57 bits per heavy atom. The van der Waals surface area contributed by atoms with E-state index in [0.717, 1.165) is 6.42 Å². The van der Waals surface area contributed by atoms with Crippen molar-refractivity contribution in [2.75, 3.05) is 33.4 Å². The van der Waals surface area contributed by atoms with Gasteiger partial charge in [0.25, 0.3) is 0 Å². The summed E-state index contributed by atoms with van der Waals surface area (Å²) in [5, 5.41) is 3.48. The Morgan fingerprint density at radius 1 is 1.35 bits per heavy atom. The van der Waals surface area contributed by atoms with Crippen molar-refractivity contribution >= 4 is 6.09 Å². The molecule has 2 atom stereocenters. The Bertz CT molecular complexity index is 379. The molecule has 0 aromatic rings. The number of amides is 1. The first-order chi connectivity index (χ1) is 10.5. The quantitative estimate of drug-likeness (QED) is 0.810. The van der Waals surface area contributed by atoms with Crippen molar-refractivity contribution in [3.8, 4) is 0 Å². The molecule has 0 saturated carbocycles. The molecule has 0 bridgehead atoms. The average Bonchev–Trinajstić information content (AvgIpc) is 2.43. The lowest BCUT2D eigenvalue weighted by Crippen LogP contribution is -2.55. The van der Waals surface area contributed by atoms with Crippen LogP contribution in [0.5, 0.6) is 0 Å². The highest BCUT2D eigenvalue weighted by Gasteiger charge is 2.31. The summed E-state index contributed by atoms with van der Waals surface area (Å²) >= 11 is 0. The van der Waals surface area contributed by atoms with Crippen LogP contribution in [0, 0.1) is 0 Å². The first-order valence-corrected chi connectivity index (χ1v) is 8.40. The summed E-state index contributed by atoms with van der Waals surface area (Å²) in [6.45, 7) is 14.3. The maximum atomic E-state index is 12.3. The lowest BCUT2D eigenvalue weighted by Gasteiger charge is -2.37. The van der Waals surface area contributed by atoms with Gasteiger partial charge in [-0.2, -0.15) is 0 Å². The molecule has 0 aromatic carbocycles. The van der Waals surface area contributed by atoms with Crippen molar-refractivity contribution in [1.29, 1.82) is 0 Å². The zero-order valence-corrected chi connectivity index (χ0v) is 15.8. The van der Waals surface area contributed by atoms with Crippen LogP contribution in [0.1, 0.15) is 48.0 Å². The summed E-state index contributed by atoms with van der Waals surface area (Å²) in [7, 11) is 1.73. The van der Waals surface area contributed by atoms with Gasteiger partial charge in [-0.25, -0.2) is 4.79 Å². The molecular weight excluding hydrogens is 296 g/mol. The van der Waals surface area contributed by atoms with Gasteiger partial charge in [-0.05, 0) is 48.0 Å². The molecule has 0 radical (unpaired) electrons. The molecule has 1 amide bonds. The Morgan fingerprint density at radius 2 is 2.00 bits per heavy atom. The van der Waals surface area contributed by atoms with Gasteiger partial charge in [-0.15, -0.1) is 0 Å². The van der Waals surface area contributed by atoms with Crippen molar-refractivity contribution in [2.24, 2.45) is 0 Å². The molecule has 1 aliphatic heterocycles. The molecule has 6 heteroatoms. The second-order valence-corrected chi connectivity index (χ2v) is 7.88.